The van der Waals surface area contributed by atoms with Crippen LogP contribution in [0.4, 0.5) is 0 Å². The van der Waals surface area contributed by atoms with Gasteiger partial charge in [-0.15, -0.1) is 0 Å². The Morgan fingerprint density at radius 3 is 2.29 bits per heavy atom. The smallest absolute Gasteiger partial charge is 0.306 e. The molecule has 41 heavy (non-hydrogen) atoms. The molecule has 0 radical (unpaired) electrons. The topological polar surface area (TPSA) is 112 Å². The summed E-state index contributed by atoms with van der Waals surface area (Å²) in [5.41, 5.74) is 0.946. The molecule has 10 heteroatoms. The molecule has 0 aliphatic carbocycles. The Labute approximate surface area is 243 Å². The van der Waals surface area contributed by atoms with Crippen LogP contribution in [0.15, 0.2) is 59.5 Å². The minimum Gasteiger partial charge on any atom is -0.497 e. The van der Waals surface area contributed by atoms with Crippen molar-refractivity contribution in [3.05, 3.63) is 60.2 Å². The number of hydrogen-bond acceptors (Lipinski definition) is 8. The van der Waals surface area contributed by atoms with Crippen molar-refractivity contribution in [2.75, 3.05) is 46.6 Å². The molecule has 0 saturated carbocycles. The van der Waals surface area contributed by atoms with Gasteiger partial charge in [0.15, 0.2) is 0 Å². The number of nitrogens with zero attached hydrogens (tertiary/aromatic N) is 1. The van der Waals surface area contributed by atoms with Crippen molar-refractivity contribution in [1.82, 2.24) is 4.31 Å². The Bertz CT molecular complexity index is 1200. The molecule has 0 amide bonds. The lowest BCUT2D eigenvalue weighted by Crippen LogP contribution is -2.43. The predicted octanol–water partition coefficient (Wildman–Crippen LogP) is 3.55. The summed E-state index contributed by atoms with van der Waals surface area (Å²) >= 11 is 0. The molecule has 2 aromatic carbocycles. The minimum absolute atomic E-state index is 0.0198. The first-order chi connectivity index (χ1) is 19.7. The fraction of sp³-hybridized carbons (Fsp3) is 0.581. The van der Waals surface area contributed by atoms with Gasteiger partial charge < -0.3 is 24.1 Å². The number of sulfonamides is 1. The predicted molar refractivity (Wildman–Crippen MR) is 154 cm³/mol. The Balaban J connectivity index is 1.49. The fourth-order valence-electron chi connectivity index (χ4n) is 5.57. The van der Waals surface area contributed by atoms with Gasteiger partial charge >= 0.3 is 5.97 Å². The van der Waals surface area contributed by atoms with E-state index in [0.717, 1.165) is 5.56 Å². The van der Waals surface area contributed by atoms with E-state index in [1.807, 2.05) is 44.2 Å². The first kappa shape index (κ1) is 31.4. The summed E-state index contributed by atoms with van der Waals surface area (Å²) in [5.74, 6) is 0.214. The van der Waals surface area contributed by atoms with E-state index < -0.39 is 28.0 Å². The lowest BCUT2D eigenvalue weighted by atomic mass is 9.90. The van der Waals surface area contributed by atoms with Gasteiger partial charge in [-0.1, -0.05) is 44.2 Å². The van der Waals surface area contributed by atoms with Crippen LogP contribution < -0.4 is 4.74 Å². The number of rotatable bonds is 13. The summed E-state index contributed by atoms with van der Waals surface area (Å²) in [7, 11) is -2.39. The van der Waals surface area contributed by atoms with E-state index in [4.69, 9.17) is 18.9 Å². The maximum atomic E-state index is 13.7. The summed E-state index contributed by atoms with van der Waals surface area (Å²) in [6.45, 7) is 6.18. The summed E-state index contributed by atoms with van der Waals surface area (Å²) in [5, 5.41) is 11.5. The molecule has 1 N–H and O–H groups in total. The Morgan fingerprint density at radius 2 is 1.63 bits per heavy atom. The molecule has 0 bridgehead atoms. The van der Waals surface area contributed by atoms with Gasteiger partial charge in [-0.2, -0.15) is 4.31 Å². The van der Waals surface area contributed by atoms with Crippen LogP contribution >= 0.6 is 0 Å². The number of carbonyl (C=O) groups is 1. The number of methoxy groups -OCH3 is 1. The van der Waals surface area contributed by atoms with Gasteiger partial charge in [0.25, 0.3) is 0 Å². The third kappa shape index (κ3) is 8.75. The molecular formula is C31H43NO8S. The maximum absolute atomic E-state index is 13.7. The number of carbonyl (C=O) groups excluding carboxylic acids is 1. The van der Waals surface area contributed by atoms with Crippen LogP contribution in [0, 0.1) is 23.7 Å². The molecule has 4 rings (SSSR count). The van der Waals surface area contributed by atoms with Crippen LogP contribution in [-0.4, -0.2) is 82.6 Å². The first-order valence-corrected chi connectivity index (χ1v) is 15.8. The highest BCUT2D eigenvalue weighted by atomic mass is 32.2. The van der Waals surface area contributed by atoms with Gasteiger partial charge in [0.05, 0.1) is 44.4 Å². The first-order valence-electron chi connectivity index (χ1n) is 14.4. The Hall–Kier alpha value is -2.50. The summed E-state index contributed by atoms with van der Waals surface area (Å²) in [4.78, 5) is 13.3. The molecule has 0 aromatic heterocycles. The molecule has 2 fully saturated rings. The number of esters is 1. The van der Waals surface area contributed by atoms with Gasteiger partial charge in [-0.25, -0.2) is 8.42 Å². The highest BCUT2D eigenvalue weighted by Gasteiger charge is 2.36. The van der Waals surface area contributed by atoms with Crippen LogP contribution in [0.1, 0.15) is 32.3 Å². The van der Waals surface area contributed by atoms with Gasteiger partial charge in [0.2, 0.25) is 10.0 Å². The lowest BCUT2D eigenvalue weighted by molar-refractivity contribution is -0.154. The van der Waals surface area contributed by atoms with Gasteiger partial charge in [0, 0.05) is 31.5 Å². The number of ether oxygens (including phenoxy) is 4. The van der Waals surface area contributed by atoms with Gasteiger partial charge in [-0.3, -0.25) is 4.79 Å². The number of hydrogen-bond donors (Lipinski definition) is 1. The molecule has 226 valence electrons. The third-order valence-electron chi connectivity index (χ3n) is 7.80. The van der Waals surface area contributed by atoms with Crippen LogP contribution in [0.5, 0.6) is 5.75 Å². The van der Waals surface area contributed by atoms with E-state index in [1.54, 1.807) is 12.1 Å². The summed E-state index contributed by atoms with van der Waals surface area (Å²) in [6, 6.07) is 15.8. The molecule has 2 aliphatic heterocycles. The lowest BCUT2D eigenvalue weighted by Gasteiger charge is -2.30. The SMILES string of the molecule is COc1ccc(S(=O)(=O)N(CC(C)C)C[C@@H](O)[C@@H](CC(=O)OC2COCC3COCC3C2)Cc2ccccc2)cc1. The standard InChI is InChI=1S/C31H43NO8S/c1-22(2)16-32(41(35,36)29-11-9-27(37-3)10-12-29)17-30(33)24(13-23-7-5-4-6-8-23)15-31(34)40-28-14-25-18-38-19-26(25)20-39-21-28/h4-12,22,24-26,28,30,33H,13-21H2,1-3H3/t24-,25?,26?,28?,30-/m1/s1. The van der Waals surface area contributed by atoms with Crippen molar-refractivity contribution in [2.45, 2.75) is 50.2 Å². The van der Waals surface area contributed by atoms with Crippen molar-refractivity contribution < 1.29 is 37.3 Å². The third-order valence-corrected chi connectivity index (χ3v) is 9.65. The summed E-state index contributed by atoms with van der Waals surface area (Å²) < 4.78 is 51.0. The van der Waals surface area contributed by atoms with Crippen molar-refractivity contribution >= 4 is 16.0 Å². The largest absolute Gasteiger partial charge is 0.497 e. The van der Waals surface area contributed by atoms with Gasteiger partial charge in [0.1, 0.15) is 11.9 Å². The van der Waals surface area contributed by atoms with Crippen LogP contribution in [0.2, 0.25) is 0 Å². The van der Waals surface area contributed by atoms with Crippen molar-refractivity contribution in [2.24, 2.45) is 23.7 Å². The second-order valence-electron chi connectivity index (χ2n) is 11.6. The zero-order valence-electron chi connectivity index (χ0n) is 24.2. The molecule has 2 aromatic rings. The molecule has 2 heterocycles. The zero-order chi connectivity index (χ0) is 29.4. The van der Waals surface area contributed by atoms with E-state index in [1.165, 1.54) is 23.5 Å². The molecule has 3 unspecified atom stereocenters. The zero-order valence-corrected chi connectivity index (χ0v) is 25.0. The Kier molecular flexibility index (Phi) is 11.2. The number of aliphatic hydroxyl groups is 1. The average Bonchev–Trinajstić information content (AvgIpc) is 3.30. The van der Waals surface area contributed by atoms with Crippen molar-refractivity contribution in [1.29, 1.82) is 0 Å². The average molecular weight is 590 g/mol. The molecule has 2 saturated heterocycles. The van der Waals surface area contributed by atoms with E-state index in [-0.39, 0.29) is 36.4 Å². The molecular weight excluding hydrogens is 546 g/mol. The van der Waals surface area contributed by atoms with Gasteiger partial charge in [-0.05, 0) is 54.5 Å². The van der Waals surface area contributed by atoms with Crippen molar-refractivity contribution in [3.8, 4) is 5.75 Å². The Morgan fingerprint density at radius 1 is 0.976 bits per heavy atom. The summed E-state index contributed by atoms with van der Waals surface area (Å²) in [6.07, 6.45) is -0.441. The van der Waals surface area contributed by atoms with Crippen LogP contribution in [0.25, 0.3) is 0 Å². The van der Waals surface area contributed by atoms with Crippen molar-refractivity contribution in [3.63, 3.8) is 0 Å². The fourth-order valence-corrected chi connectivity index (χ4v) is 7.19. The molecule has 5 atom stereocenters. The van der Waals surface area contributed by atoms with E-state index in [9.17, 15) is 18.3 Å². The molecule has 2 aliphatic rings. The highest BCUT2D eigenvalue weighted by molar-refractivity contribution is 7.89. The van der Waals surface area contributed by atoms with E-state index >= 15 is 0 Å². The van der Waals surface area contributed by atoms with E-state index in [0.29, 0.717) is 56.9 Å². The second kappa shape index (κ2) is 14.6. The monoisotopic (exact) mass is 589 g/mol. The molecule has 0 spiro atoms. The van der Waals surface area contributed by atoms with Crippen LogP contribution in [-0.2, 0) is 35.4 Å². The minimum atomic E-state index is -3.91. The quantitative estimate of drug-likeness (QED) is 0.353. The van der Waals surface area contributed by atoms with Crippen LogP contribution in [0.3, 0.4) is 0 Å². The van der Waals surface area contributed by atoms with E-state index in [2.05, 4.69) is 0 Å². The number of aliphatic hydroxyl groups excluding tert-OH is 1. The maximum Gasteiger partial charge on any atom is 0.306 e. The number of benzene rings is 2. The normalized spacial score (nSPS) is 22.6. The molecule has 9 nitrogen and oxygen atoms in total. The number of fused-ring (bicyclic) bond motifs is 1. The second-order valence-corrected chi connectivity index (χ2v) is 13.5. The highest BCUT2D eigenvalue weighted by Crippen LogP contribution is 2.30.